The molecule has 21 heavy (non-hydrogen) atoms. The second-order valence-electron chi connectivity index (χ2n) is 6.64. The summed E-state index contributed by atoms with van der Waals surface area (Å²) in [6.45, 7) is 5.98. The molecule has 2 unspecified atom stereocenters. The number of rotatable bonds is 3. The van der Waals surface area contributed by atoms with Gasteiger partial charge in [0.25, 0.3) is 0 Å². The summed E-state index contributed by atoms with van der Waals surface area (Å²) in [5, 5.41) is 13.9. The van der Waals surface area contributed by atoms with Crippen molar-refractivity contribution in [1.82, 2.24) is 10.3 Å². The number of carbonyl (C=O) groups is 1. The quantitative estimate of drug-likeness (QED) is 0.810. The van der Waals surface area contributed by atoms with E-state index < -0.39 is 0 Å². The summed E-state index contributed by atoms with van der Waals surface area (Å²) in [4.78, 5) is 15.6. The lowest BCUT2D eigenvalue weighted by Crippen LogP contribution is -2.61. The SMILES string of the molecule is Cc1[nH]c2ccccc2c1CC(=O)NC1CC(O)C1(C)C. The van der Waals surface area contributed by atoms with Crippen LogP contribution in [0.25, 0.3) is 10.9 Å². The van der Waals surface area contributed by atoms with Crippen molar-refractivity contribution in [3.05, 3.63) is 35.5 Å². The number of nitrogens with one attached hydrogen (secondary N) is 2. The maximum Gasteiger partial charge on any atom is 0.224 e. The Bertz CT molecular complexity index is 687. The first-order valence-corrected chi connectivity index (χ1v) is 7.43. The Balaban J connectivity index is 1.74. The van der Waals surface area contributed by atoms with E-state index in [2.05, 4.69) is 10.3 Å². The predicted octanol–water partition coefficient (Wildman–Crippen LogP) is 2.29. The molecule has 2 atom stereocenters. The first kappa shape index (κ1) is 14.1. The van der Waals surface area contributed by atoms with Gasteiger partial charge in [0.1, 0.15) is 0 Å². The largest absolute Gasteiger partial charge is 0.392 e. The summed E-state index contributed by atoms with van der Waals surface area (Å²) in [5.41, 5.74) is 2.93. The van der Waals surface area contributed by atoms with Gasteiger partial charge in [-0.3, -0.25) is 4.79 Å². The van der Waals surface area contributed by atoms with E-state index in [1.807, 2.05) is 45.0 Å². The van der Waals surface area contributed by atoms with Crippen LogP contribution in [0.1, 0.15) is 31.5 Å². The molecule has 0 radical (unpaired) electrons. The van der Waals surface area contributed by atoms with Crippen LogP contribution in [0.4, 0.5) is 0 Å². The summed E-state index contributed by atoms with van der Waals surface area (Å²) in [5.74, 6) is 0.0211. The van der Waals surface area contributed by atoms with Gasteiger partial charge < -0.3 is 15.4 Å². The maximum atomic E-state index is 12.3. The minimum Gasteiger partial charge on any atom is -0.392 e. The normalized spacial score (nSPS) is 23.8. The van der Waals surface area contributed by atoms with Crippen LogP contribution in [0.15, 0.2) is 24.3 Å². The van der Waals surface area contributed by atoms with Gasteiger partial charge in [0.05, 0.1) is 12.5 Å². The Hall–Kier alpha value is -1.81. The second kappa shape index (κ2) is 4.88. The van der Waals surface area contributed by atoms with Crippen LogP contribution in [0, 0.1) is 12.3 Å². The topological polar surface area (TPSA) is 65.1 Å². The van der Waals surface area contributed by atoms with Crippen LogP contribution in [-0.2, 0) is 11.2 Å². The van der Waals surface area contributed by atoms with Crippen LogP contribution in [-0.4, -0.2) is 28.1 Å². The molecule has 1 fully saturated rings. The van der Waals surface area contributed by atoms with E-state index in [9.17, 15) is 9.90 Å². The molecule has 2 aromatic rings. The molecule has 1 aromatic heterocycles. The Morgan fingerprint density at radius 2 is 2.14 bits per heavy atom. The van der Waals surface area contributed by atoms with Crippen molar-refractivity contribution < 1.29 is 9.90 Å². The molecule has 3 rings (SSSR count). The molecule has 4 heteroatoms. The van der Waals surface area contributed by atoms with Crippen LogP contribution in [0.2, 0.25) is 0 Å². The number of aliphatic hydroxyl groups excluding tert-OH is 1. The fourth-order valence-corrected chi connectivity index (χ4v) is 3.12. The van der Waals surface area contributed by atoms with Crippen molar-refractivity contribution in [1.29, 1.82) is 0 Å². The van der Waals surface area contributed by atoms with Gasteiger partial charge in [0, 0.05) is 28.1 Å². The number of benzene rings is 1. The number of hydrogen-bond donors (Lipinski definition) is 3. The molecule has 1 amide bonds. The Morgan fingerprint density at radius 3 is 2.81 bits per heavy atom. The number of H-pyrrole nitrogens is 1. The van der Waals surface area contributed by atoms with Crippen molar-refractivity contribution >= 4 is 16.8 Å². The highest BCUT2D eigenvalue weighted by Gasteiger charge is 2.47. The third-order valence-electron chi connectivity index (χ3n) is 4.92. The molecule has 1 heterocycles. The molecule has 1 aromatic carbocycles. The molecule has 4 nitrogen and oxygen atoms in total. The third kappa shape index (κ3) is 2.33. The van der Waals surface area contributed by atoms with Gasteiger partial charge in [-0.05, 0) is 25.0 Å². The Labute approximate surface area is 124 Å². The smallest absolute Gasteiger partial charge is 0.224 e. The fourth-order valence-electron chi connectivity index (χ4n) is 3.12. The Kier molecular flexibility index (Phi) is 3.29. The average Bonchev–Trinajstić information content (AvgIpc) is 2.75. The van der Waals surface area contributed by atoms with Crippen molar-refractivity contribution in [2.75, 3.05) is 0 Å². The maximum absolute atomic E-state index is 12.3. The van der Waals surface area contributed by atoms with E-state index >= 15 is 0 Å². The molecular formula is C17H22N2O2. The van der Waals surface area contributed by atoms with Gasteiger partial charge >= 0.3 is 0 Å². The molecule has 0 saturated heterocycles. The molecule has 0 spiro atoms. The van der Waals surface area contributed by atoms with Gasteiger partial charge in [0.2, 0.25) is 5.91 Å². The molecule has 1 saturated carbocycles. The predicted molar refractivity (Wildman–Crippen MR) is 83.1 cm³/mol. The highest BCUT2D eigenvalue weighted by molar-refractivity contribution is 5.90. The molecule has 3 N–H and O–H groups in total. The van der Waals surface area contributed by atoms with E-state index in [0.29, 0.717) is 12.8 Å². The lowest BCUT2D eigenvalue weighted by atomic mass is 9.64. The number of para-hydroxylation sites is 1. The van der Waals surface area contributed by atoms with Gasteiger partial charge in [-0.25, -0.2) is 0 Å². The van der Waals surface area contributed by atoms with Crippen molar-refractivity contribution in [2.24, 2.45) is 5.41 Å². The first-order valence-electron chi connectivity index (χ1n) is 7.43. The number of fused-ring (bicyclic) bond motifs is 1. The van der Waals surface area contributed by atoms with Gasteiger partial charge in [-0.2, -0.15) is 0 Å². The standard InChI is InChI=1S/C17H22N2O2/c1-10-12(11-6-4-5-7-13(11)18-10)8-16(21)19-14-9-15(20)17(14,2)3/h4-7,14-15,18,20H,8-9H2,1-3H3,(H,19,21). The van der Waals surface area contributed by atoms with Crippen LogP contribution in [0.3, 0.4) is 0 Å². The fraction of sp³-hybridized carbons (Fsp3) is 0.471. The van der Waals surface area contributed by atoms with Crippen molar-refractivity contribution in [3.8, 4) is 0 Å². The summed E-state index contributed by atoms with van der Waals surface area (Å²) in [6.07, 6.45) is 0.696. The molecule has 1 aliphatic rings. The zero-order valence-corrected chi connectivity index (χ0v) is 12.7. The molecular weight excluding hydrogens is 264 g/mol. The van der Waals surface area contributed by atoms with Gasteiger partial charge in [-0.15, -0.1) is 0 Å². The summed E-state index contributed by atoms with van der Waals surface area (Å²) in [6, 6.07) is 8.10. The van der Waals surface area contributed by atoms with Crippen LogP contribution in [0.5, 0.6) is 0 Å². The number of hydrogen-bond acceptors (Lipinski definition) is 2. The summed E-state index contributed by atoms with van der Waals surface area (Å²) < 4.78 is 0. The number of aromatic amines is 1. The van der Waals surface area contributed by atoms with Gasteiger partial charge in [-0.1, -0.05) is 32.0 Å². The van der Waals surface area contributed by atoms with E-state index in [1.54, 1.807) is 0 Å². The summed E-state index contributed by atoms with van der Waals surface area (Å²) >= 11 is 0. The minimum absolute atomic E-state index is 0.0211. The van der Waals surface area contributed by atoms with E-state index in [-0.39, 0.29) is 23.5 Å². The second-order valence-corrected chi connectivity index (χ2v) is 6.64. The highest BCUT2D eigenvalue weighted by atomic mass is 16.3. The number of aliphatic hydroxyl groups is 1. The first-order chi connectivity index (χ1) is 9.89. The third-order valence-corrected chi connectivity index (χ3v) is 4.92. The zero-order valence-electron chi connectivity index (χ0n) is 12.7. The number of aromatic nitrogens is 1. The van der Waals surface area contributed by atoms with Crippen LogP contribution < -0.4 is 5.32 Å². The molecule has 112 valence electrons. The van der Waals surface area contributed by atoms with Crippen molar-refractivity contribution in [3.63, 3.8) is 0 Å². The minimum atomic E-state index is -0.322. The number of amides is 1. The van der Waals surface area contributed by atoms with E-state index in [1.165, 1.54) is 0 Å². The lowest BCUT2D eigenvalue weighted by Gasteiger charge is -2.49. The molecule has 1 aliphatic carbocycles. The zero-order chi connectivity index (χ0) is 15.2. The molecule has 0 aliphatic heterocycles. The van der Waals surface area contributed by atoms with Gasteiger partial charge in [0.15, 0.2) is 0 Å². The summed E-state index contributed by atoms with van der Waals surface area (Å²) in [7, 11) is 0. The monoisotopic (exact) mass is 286 g/mol. The number of carbonyl (C=O) groups excluding carboxylic acids is 1. The highest BCUT2D eigenvalue weighted by Crippen LogP contribution is 2.40. The Morgan fingerprint density at radius 1 is 1.43 bits per heavy atom. The van der Waals surface area contributed by atoms with E-state index in [4.69, 9.17) is 0 Å². The molecule has 0 bridgehead atoms. The van der Waals surface area contributed by atoms with Crippen molar-refractivity contribution in [2.45, 2.75) is 45.8 Å². The number of aryl methyl sites for hydroxylation is 1. The van der Waals surface area contributed by atoms with Crippen LogP contribution >= 0.6 is 0 Å². The lowest BCUT2D eigenvalue weighted by molar-refractivity contribution is -0.128. The van der Waals surface area contributed by atoms with E-state index in [0.717, 1.165) is 22.2 Å². The average molecular weight is 286 g/mol.